The molecule has 0 radical (unpaired) electrons. The molecule has 1 aromatic rings. The third-order valence-corrected chi connectivity index (χ3v) is 3.83. The molecule has 1 aliphatic heterocycles. The molecular formula is C12H16N4OS. The predicted molar refractivity (Wildman–Crippen MR) is 71.3 cm³/mol. The lowest BCUT2D eigenvalue weighted by molar-refractivity contribution is -0.116. The maximum atomic E-state index is 11.7. The molecule has 0 unspecified atom stereocenters. The number of carbonyl (C=O) groups is 1. The van der Waals surface area contributed by atoms with Crippen LogP contribution >= 0.6 is 11.3 Å². The van der Waals surface area contributed by atoms with E-state index in [1.165, 1.54) is 11.3 Å². The summed E-state index contributed by atoms with van der Waals surface area (Å²) in [5.74, 6) is -0.0468. The van der Waals surface area contributed by atoms with Crippen LogP contribution in [-0.2, 0) is 4.79 Å². The SMILES string of the molecule is N#Cc1ccsc1NC(=O)CCN1CC[C@@H](N)C1. The molecule has 2 rings (SSSR count). The Morgan fingerprint density at radius 3 is 3.22 bits per heavy atom. The second kappa shape index (κ2) is 5.96. The Labute approximate surface area is 110 Å². The van der Waals surface area contributed by atoms with Crippen molar-refractivity contribution in [3.05, 3.63) is 17.0 Å². The number of carbonyl (C=O) groups excluding carboxylic acids is 1. The van der Waals surface area contributed by atoms with Gasteiger partial charge in [-0.05, 0) is 24.4 Å². The number of thiophene rings is 1. The number of amides is 1. The molecule has 0 aromatic carbocycles. The first-order valence-corrected chi connectivity index (χ1v) is 6.82. The number of nitriles is 1. The highest BCUT2D eigenvalue weighted by atomic mass is 32.1. The van der Waals surface area contributed by atoms with Gasteiger partial charge in [0.2, 0.25) is 5.91 Å². The summed E-state index contributed by atoms with van der Waals surface area (Å²) in [6.07, 6.45) is 1.45. The molecule has 1 aromatic heterocycles. The molecular weight excluding hydrogens is 248 g/mol. The molecule has 18 heavy (non-hydrogen) atoms. The zero-order valence-electron chi connectivity index (χ0n) is 10.1. The van der Waals surface area contributed by atoms with Gasteiger partial charge >= 0.3 is 0 Å². The van der Waals surface area contributed by atoms with E-state index in [9.17, 15) is 4.79 Å². The van der Waals surface area contributed by atoms with Crippen molar-refractivity contribution in [3.8, 4) is 6.07 Å². The maximum Gasteiger partial charge on any atom is 0.226 e. The molecule has 0 aliphatic carbocycles. The lowest BCUT2D eigenvalue weighted by Crippen LogP contribution is -2.29. The maximum absolute atomic E-state index is 11.7. The molecule has 0 bridgehead atoms. The van der Waals surface area contributed by atoms with E-state index in [2.05, 4.69) is 16.3 Å². The fourth-order valence-electron chi connectivity index (χ4n) is 2.01. The Morgan fingerprint density at radius 1 is 1.72 bits per heavy atom. The second-order valence-electron chi connectivity index (χ2n) is 4.42. The molecule has 2 heterocycles. The van der Waals surface area contributed by atoms with Gasteiger partial charge < -0.3 is 16.0 Å². The Hall–Kier alpha value is -1.42. The minimum atomic E-state index is -0.0468. The second-order valence-corrected chi connectivity index (χ2v) is 5.34. The van der Waals surface area contributed by atoms with Crippen molar-refractivity contribution >= 4 is 22.2 Å². The van der Waals surface area contributed by atoms with E-state index in [0.29, 0.717) is 17.0 Å². The van der Waals surface area contributed by atoms with E-state index in [0.717, 1.165) is 26.1 Å². The molecule has 0 saturated carbocycles. The van der Waals surface area contributed by atoms with Crippen LogP contribution in [0.5, 0.6) is 0 Å². The van der Waals surface area contributed by atoms with Crippen molar-refractivity contribution in [3.63, 3.8) is 0 Å². The minimum Gasteiger partial charge on any atom is -0.326 e. The number of hydrogen-bond acceptors (Lipinski definition) is 5. The van der Waals surface area contributed by atoms with Crippen LogP contribution < -0.4 is 11.1 Å². The first-order valence-electron chi connectivity index (χ1n) is 5.94. The summed E-state index contributed by atoms with van der Waals surface area (Å²) >= 11 is 1.37. The van der Waals surface area contributed by atoms with Crippen LogP contribution in [0.1, 0.15) is 18.4 Å². The lowest BCUT2D eigenvalue weighted by Gasteiger charge is -2.14. The predicted octanol–water partition coefficient (Wildman–Crippen LogP) is 0.981. The number of anilines is 1. The van der Waals surface area contributed by atoms with E-state index in [1.807, 2.05) is 0 Å². The summed E-state index contributed by atoms with van der Waals surface area (Å²) in [6, 6.07) is 4.01. The molecule has 1 amide bonds. The topological polar surface area (TPSA) is 82.2 Å². The average Bonchev–Trinajstić information content (AvgIpc) is 2.95. The number of nitrogens with two attached hydrogens (primary N) is 1. The van der Waals surface area contributed by atoms with Crippen molar-refractivity contribution in [1.29, 1.82) is 5.26 Å². The molecule has 5 nitrogen and oxygen atoms in total. The van der Waals surface area contributed by atoms with Crippen molar-refractivity contribution < 1.29 is 4.79 Å². The Kier molecular flexibility index (Phi) is 4.31. The third-order valence-electron chi connectivity index (χ3n) is 3.00. The lowest BCUT2D eigenvalue weighted by atomic mass is 10.3. The van der Waals surface area contributed by atoms with Crippen LogP contribution in [0.25, 0.3) is 0 Å². The van der Waals surface area contributed by atoms with Crippen LogP contribution in [-0.4, -0.2) is 36.5 Å². The van der Waals surface area contributed by atoms with Crippen molar-refractivity contribution in [1.82, 2.24) is 4.90 Å². The van der Waals surface area contributed by atoms with E-state index >= 15 is 0 Å². The summed E-state index contributed by atoms with van der Waals surface area (Å²) in [6.45, 7) is 2.57. The average molecular weight is 264 g/mol. The quantitative estimate of drug-likeness (QED) is 0.849. The number of likely N-dealkylation sites (tertiary alicyclic amines) is 1. The van der Waals surface area contributed by atoms with Crippen molar-refractivity contribution in [2.24, 2.45) is 5.73 Å². The molecule has 1 atom stereocenters. The smallest absolute Gasteiger partial charge is 0.226 e. The van der Waals surface area contributed by atoms with Crippen LogP contribution in [0.2, 0.25) is 0 Å². The zero-order chi connectivity index (χ0) is 13.0. The first kappa shape index (κ1) is 13.0. The van der Waals surface area contributed by atoms with Gasteiger partial charge in [-0.25, -0.2) is 0 Å². The largest absolute Gasteiger partial charge is 0.326 e. The van der Waals surface area contributed by atoms with Crippen molar-refractivity contribution in [2.75, 3.05) is 25.0 Å². The van der Waals surface area contributed by atoms with Crippen LogP contribution in [0.15, 0.2) is 11.4 Å². The Balaban J connectivity index is 1.77. The summed E-state index contributed by atoms with van der Waals surface area (Å²) in [7, 11) is 0. The summed E-state index contributed by atoms with van der Waals surface area (Å²) < 4.78 is 0. The third kappa shape index (κ3) is 3.29. The van der Waals surface area contributed by atoms with Crippen LogP contribution in [0.3, 0.4) is 0 Å². The monoisotopic (exact) mass is 264 g/mol. The molecule has 1 aliphatic rings. The number of nitrogens with zero attached hydrogens (tertiary/aromatic N) is 2. The zero-order valence-corrected chi connectivity index (χ0v) is 10.9. The van der Waals surface area contributed by atoms with E-state index in [-0.39, 0.29) is 11.9 Å². The van der Waals surface area contributed by atoms with E-state index in [4.69, 9.17) is 11.0 Å². The highest BCUT2D eigenvalue weighted by Gasteiger charge is 2.19. The van der Waals surface area contributed by atoms with Crippen LogP contribution in [0.4, 0.5) is 5.00 Å². The van der Waals surface area contributed by atoms with Gasteiger partial charge in [-0.1, -0.05) is 0 Å². The van der Waals surface area contributed by atoms with Gasteiger partial charge in [0, 0.05) is 25.6 Å². The molecule has 0 spiro atoms. The van der Waals surface area contributed by atoms with Crippen molar-refractivity contribution in [2.45, 2.75) is 18.9 Å². The normalized spacial score (nSPS) is 19.7. The highest BCUT2D eigenvalue weighted by Crippen LogP contribution is 2.22. The standard InChI is InChI=1S/C12H16N4OS/c13-7-9-3-6-18-12(9)15-11(17)2-5-16-4-1-10(14)8-16/h3,6,10H,1-2,4-5,8,14H2,(H,15,17)/t10-/m1/s1. The van der Waals surface area contributed by atoms with Gasteiger partial charge in [-0.3, -0.25) is 4.79 Å². The van der Waals surface area contributed by atoms with Gasteiger partial charge in [0.1, 0.15) is 11.1 Å². The van der Waals surface area contributed by atoms with Gasteiger partial charge in [0.05, 0.1) is 5.56 Å². The molecule has 6 heteroatoms. The first-order chi connectivity index (χ1) is 8.69. The highest BCUT2D eigenvalue weighted by molar-refractivity contribution is 7.14. The molecule has 96 valence electrons. The Morgan fingerprint density at radius 2 is 2.56 bits per heavy atom. The number of hydrogen-bond donors (Lipinski definition) is 2. The number of rotatable bonds is 4. The van der Waals surface area contributed by atoms with E-state index in [1.54, 1.807) is 11.4 Å². The minimum absolute atomic E-state index is 0.0468. The Bertz CT molecular complexity index is 465. The van der Waals surface area contributed by atoms with Gasteiger partial charge in [-0.2, -0.15) is 5.26 Å². The molecule has 1 fully saturated rings. The fourth-order valence-corrected chi connectivity index (χ4v) is 2.76. The van der Waals surface area contributed by atoms with Gasteiger partial charge in [-0.15, -0.1) is 11.3 Å². The van der Waals surface area contributed by atoms with Gasteiger partial charge in [0.25, 0.3) is 0 Å². The van der Waals surface area contributed by atoms with E-state index < -0.39 is 0 Å². The van der Waals surface area contributed by atoms with Gasteiger partial charge in [0.15, 0.2) is 0 Å². The summed E-state index contributed by atoms with van der Waals surface area (Å²) in [5, 5.41) is 14.0. The molecule has 1 saturated heterocycles. The summed E-state index contributed by atoms with van der Waals surface area (Å²) in [4.78, 5) is 13.9. The fraction of sp³-hybridized carbons (Fsp3) is 0.500. The summed E-state index contributed by atoms with van der Waals surface area (Å²) in [5.41, 5.74) is 6.33. The molecule has 3 N–H and O–H groups in total. The number of nitrogens with one attached hydrogen (secondary N) is 1. The van der Waals surface area contributed by atoms with Crippen LogP contribution in [0, 0.1) is 11.3 Å².